The highest BCUT2D eigenvalue weighted by atomic mass is 35.5. The summed E-state index contributed by atoms with van der Waals surface area (Å²) in [6.07, 6.45) is 6.67. The van der Waals surface area contributed by atoms with Gasteiger partial charge in [-0.1, -0.05) is 18.5 Å². The number of rotatable bonds is 5. The van der Waals surface area contributed by atoms with E-state index >= 15 is 0 Å². The third kappa shape index (κ3) is 3.24. The van der Waals surface area contributed by atoms with Crippen LogP contribution < -0.4 is 10.6 Å². The quantitative estimate of drug-likeness (QED) is 0.439. The molecule has 5 heterocycles. The van der Waals surface area contributed by atoms with Gasteiger partial charge in [-0.15, -0.1) is 0 Å². The van der Waals surface area contributed by atoms with Gasteiger partial charge in [-0.25, -0.2) is 9.97 Å². The third-order valence-corrected chi connectivity index (χ3v) is 7.67. The predicted molar refractivity (Wildman–Crippen MR) is 124 cm³/mol. The number of pyridine rings is 2. The van der Waals surface area contributed by atoms with E-state index in [1.54, 1.807) is 6.20 Å². The summed E-state index contributed by atoms with van der Waals surface area (Å²) < 4.78 is 0. The highest BCUT2D eigenvalue weighted by Crippen LogP contribution is 2.46. The number of hydrogen-bond acceptors (Lipinski definition) is 7. The van der Waals surface area contributed by atoms with E-state index in [1.807, 2.05) is 24.4 Å². The Kier molecular flexibility index (Phi) is 4.38. The molecule has 2 fully saturated rings. The zero-order chi connectivity index (χ0) is 21.2. The molecule has 1 saturated heterocycles. The second-order valence-electron chi connectivity index (χ2n) is 8.47. The first-order chi connectivity index (χ1) is 15.0. The normalized spacial score (nSPS) is 18.0. The molecule has 31 heavy (non-hydrogen) atoms. The Labute approximate surface area is 188 Å². The van der Waals surface area contributed by atoms with Crippen LogP contribution in [0.5, 0.6) is 0 Å². The number of aryl methyl sites for hydroxylation is 1. The van der Waals surface area contributed by atoms with Gasteiger partial charge in [-0.3, -0.25) is 9.97 Å². The van der Waals surface area contributed by atoms with E-state index in [4.69, 9.17) is 27.3 Å². The molecule has 1 saturated carbocycles. The van der Waals surface area contributed by atoms with Gasteiger partial charge in [-0.05, 0) is 49.2 Å². The van der Waals surface area contributed by atoms with E-state index in [1.165, 1.54) is 11.8 Å². The predicted octanol–water partition coefficient (Wildman–Crippen LogP) is 4.20. The molecule has 0 radical (unpaired) electrons. The Morgan fingerprint density at radius 2 is 2.10 bits per heavy atom. The van der Waals surface area contributed by atoms with E-state index in [0.29, 0.717) is 11.1 Å². The summed E-state index contributed by atoms with van der Waals surface area (Å²) in [5.41, 5.74) is 9.95. The van der Waals surface area contributed by atoms with Crippen LogP contribution in [-0.4, -0.2) is 43.5 Å². The Morgan fingerprint density at radius 3 is 2.87 bits per heavy atom. The van der Waals surface area contributed by atoms with Crippen molar-refractivity contribution in [3.05, 3.63) is 41.3 Å². The number of aromatic amines is 1. The number of H-pyrrole nitrogens is 1. The Hall–Kier alpha value is -2.42. The molecular formula is C22H22ClN7S. The van der Waals surface area contributed by atoms with Gasteiger partial charge in [0, 0.05) is 47.5 Å². The van der Waals surface area contributed by atoms with Gasteiger partial charge in [0.05, 0.1) is 21.4 Å². The van der Waals surface area contributed by atoms with Crippen LogP contribution in [0.3, 0.4) is 0 Å². The summed E-state index contributed by atoms with van der Waals surface area (Å²) in [5, 5.41) is 2.29. The summed E-state index contributed by atoms with van der Waals surface area (Å²) >= 11 is 8.20. The molecule has 0 atom stereocenters. The zero-order valence-corrected chi connectivity index (χ0v) is 18.7. The van der Waals surface area contributed by atoms with Crippen molar-refractivity contribution in [1.29, 1.82) is 0 Å². The lowest BCUT2D eigenvalue weighted by atomic mass is 9.90. The van der Waals surface area contributed by atoms with Gasteiger partial charge in [0.1, 0.15) is 11.5 Å². The van der Waals surface area contributed by atoms with Crippen LogP contribution in [-0.2, 0) is 6.42 Å². The van der Waals surface area contributed by atoms with Crippen molar-refractivity contribution in [3.63, 3.8) is 0 Å². The molecule has 6 rings (SSSR count). The summed E-state index contributed by atoms with van der Waals surface area (Å²) in [7, 11) is 0. The molecule has 1 aliphatic carbocycles. The standard InChI is InChI=1S/C22H22ClN7S/c1-2-14-18(23)17-19(27-14)28-21(29-20(17)30-10-12(11-30)22(24)5-6-22)31-13-8-16-15(26-9-13)4-3-7-25-16/h3-4,7-9,12H,2,5-6,10-11,24H2,1H3,(H,27,28,29). The first-order valence-corrected chi connectivity index (χ1v) is 11.7. The van der Waals surface area contributed by atoms with Crippen LogP contribution in [0.2, 0.25) is 5.02 Å². The molecule has 0 unspecified atom stereocenters. The van der Waals surface area contributed by atoms with Gasteiger partial charge in [0.15, 0.2) is 5.16 Å². The largest absolute Gasteiger partial charge is 0.355 e. The van der Waals surface area contributed by atoms with Crippen LogP contribution >= 0.6 is 23.4 Å². The number of nitrogens with zero attached hydrogens (tertiary/aromatic N) is 5. The average molecular weight is 452 g/mol. The van der Waals surface area contributed by atoms with Crippen LogP contribution in [0.4, 0.5) is 5.82 Å². The highest BCUT2D eigenvalue weighted by Gasteiger charge is 2.51. The Bertz CT molecular complexity index is 1310. The lowest BCUT2D eigenvalue weighted by Crippen LogP contribution is -2.56. The zero-order valence-electron chi connectivity index (χ0n) is 17.1. The first kappa shape index (κ1) is 19.3. The van der Waals surface area contributed by atoms with Crippen LogP contribution in [0.25, 0.3) is 22.1 Å². The van der Waals surface area contributed by atoms with Gasteiger partial charge in [0.25, 0.3) is 0 Å². The molecule has 7 nitrogen and oxygen atoms in total. The molecular weight excluding hydrogens is 430 g/mol. The number of nitrogens with one attached hydrogen (secondary N) is 1. The number of halogens is 1. The first-order valence-electron chi connectivity index (χ1n) is 10.5. The molecule has 158 valence electrons. The molecule has 0 amide bonds. The Morgan fingerprint density at radius 1 is 1.26 bits per heavy atom. The van der Waals surface area contributed by atoms with Crippen LogP contribution in [0.15, 0.2) is 40.6 Å². The second-order valence-corrected chi connectivity index (χ2v) is 9.89. The van der Waals surface area contributed by atoms with Crippen molar-refractivity contribution in [2.75, 3.05) is 18.0 Å². The SMILES string of the molecule is CCc1[nH]c2nc(Sc3cnc4cccnc4c3)nc(N3CC(C4(N)CC4)C3)c2c1Cl. The minimum atomic E-state index is 0.0283. The summed E-state index contributed by atoms with van der Waals surface area (Å²) in [5.74, 6) is 1.41. The van der Waals surface area contributed by atoms with Crippen molar-refractivity contribution in [2.24, 2.45) is 11.7 Å². The fourth-order valence-electron chi connectivity index (χ4n) is 4.25. The molecule has 1 aliphatic heterocycles. The minimum Gasteiger partial charge on any atom is -0.355 e. The molecule has 0 spiro atoms. The molecule has 2 aliphatic rings. The smallest absolute Gasteiger partial charge is 0.196 e. The van der Waals surface area contributed by atoms with Crippen molar-refractivity contribution in [2.45, 2.75) is 41.8 Å². The molecule has 4 aromatic rings. The highest BCUT2D eigenvalue weighted by molar-refractivity contribution is 7.99. The maximum atomic E-state index is 6.72. The van der Waals surface area contributed by atoms with Crippen molar-refractivity contribution in [3.8, 4) is 0 Å². The topological polar surface area (TPSA) is 96.6 Å². The fourth-order valence-corrected chi connectivity index (χ4v) is 5.36. The Balaban J connectivity index is 1.38. The van der Waals surface area contributed by atoms with Crippen molar-refractivity contribution < 1.29 is 0 Å². The molecule has 9 heteroatoms. The maximum Gasteiger partial charge on any atom is 0.196 e. The molecule has 0 bridgehead atoms. The number of fused-ring (bicyclic) bond motifs is 2. The second kappa shape index (κ2) is 7.05. The van der Waals surface area contributed by atoms with E-state index in [0.717, 1.165) is 75.8 Å². The van der Waals surface area contributed by atoms with Gasteiger partial charge >= 0.3 is 0 Å². The average Bonchev–Trinajstić information content (AvgIpc) is 3.39. The maximum absolute atomic E-state index is 6.72. The van der Waals surface area contributed by atoms with E-state index < -0.39 is 0 Å². The number of anilines is 1. The van der Waals surface area contributed by atoms with Gasteiger partial charge in [-0.2, -0.15) is 0 Å². The number of aromatic nitrogens is 5. The monoisotopic (exact) mass is 451 g/mol. The molecule has 3 N–H and O–H groups in total. The summed E-state index contributed by atoms with van der Waals surface area (Å²) in [6, 6.07) is 5.86. The van der Waals surface area contributed by atoms with Crippen LogP contribution in [0.1, 0.15) is 25.5 Å². The minimum absolute atomic E-state index is 0.0283. The lowest BCUT2D eigenvalue weighted by Gasteiger charge is -2.43. The number of hydrogen-bond donors (Lipinski definition) is 2. The van der Waals surface area contributed by atoms with E-state index in [-0.39, 0.29) is 5.54 Å². The summed E-state index contributed by atoms with van der Waals surface area (Å²) in [4.78, 5) is 25.2. The molecule has 0 aromatic carbocycles. The van der Waals surface area contributed by atoms with Crippen molar-refractivity contribution in [1.82, 2.24) is 24.9 Å². The van der Waals surface area contributed by atoms with Gasteiger partial charge < -0.3 is 15.6 Å². The van der Waals surface area contributed by atoms with Crippen LogP contribution in [0, 0.1) is 5.92 Å². The van der Waals surface area contributed by atoms with Gasteiger partial charge in [0.2, 0.25) is 0 Å². The third-order valence-electron chi connectivity index (χ3n) is 6.43. The number of nitrogens with two attached hydrogens (primary N) is 1. The van der Waals surface area contributed by atoms with E-state index in [9.17, 15) is 0 Å². The van der Waals surface area contributed by atoms with Crippen molar-refractivity contribution >= 4 is 51.2 Å². The fraction of sp³-hybridized carbons (Fsp3) is 0.364. The molecule has 4 aromatic heterocycles. The van der Waals surface area contributed by atoms with E-state index in [2.05, 4.69) is 26.8 Å². The summed E-state index contributed by atoms with van der Waals surface area (Å²) in [6.45, 7) is 3.91. The lowest BCUT2D eigenvalue weighted by molar-refractivity contribution is 0.322.